The molecule has 0 aromatic heterocycles. The molecule has 0 aliphatic rings. The van der Waals surface area contributed by atoms with Gasteiger partial charge < -0.3 is 10.1 Å². The van der Waals surface area contributed by atoms with Crippen LogP contribution in [0.5, 0.6) is 5.75 Å². The van der Waals surface area contributed by atoms with Crippen LogP contribution in [-0.2, 0) is 6.61 Å². The molecule has 0 bridgehead atoms. The van der Waals surface area contributed by atoms with Gasteiger partial charge >= 0.3 is 0 Å². The molecule has 2 N–H and O–H groups in total. The Morgan fingerprint density at radius 1 is 1.25 bits per heavy atom. The second-order valence-corrected chi connectivity index (χ2v) is 5.70. The first kappa shape index (κ1) is 18.0. The lowest BCUT2D eigenvalue weighted by Crippen LogP contribution is -2.31. The van der Waals surface area contributed by atoms with E-state index in [-0.39, 0.29) is 0 Å². The second kappa shape index (κ2) is 9.70. The molecule has 2 aromatic rings. The summed E-state index contributed by atoms with van der Waals surface area (Å²) in [6.45, 7) is 4.67. The Morgan fingerprint density at radius 2 is 2.04 bits per heavy atom. The fourth-order valence-corrected chi connectivity index (χ4v) is 2.16. The molecule has 0 unspecified atom stereocenters. The Kier molecular flexibility index (Phi) is 7.26. The first-order valence-corrected chi connectivity index (χ1v) is 8.11. The lowest BCUT2D eigenvalue weighted by atomic mass is 10.2. The van der Waals surface area contributed by atoms with E-state index in [2.05, 4.69) is 22.4 Å². The van der Waals surface area contributed by atoms with Crippen molar-refractivity contribution in [1.29, 1.82) is 0 Å². The third-order valence-electron chi connectivity index (χ3n) is 2.96. The molecule has 0 saturated carbocycles. The van der Waals surface area contributed by atoms with Crippen molar-refractivity contribution in [3.8, 4) is 5.75 Å². The van der Waals surface area contributed by atoms with Gasteiger partial charge in [-0.3, -0.25) is 5.43 Å². The summed E-state index contributed by atoms with van der Waals surface area (Å²) >= 11 is 11.0. The van der Waals surface area contributed by atoms with E-state index in [0.29, 0.717) is 23.3 Å². The molecule has 0 amide bonds. The van der Waals surface area contributed by atoms with Crippen LogP contribution < -0.4 is 15.5 Å². The van der Waals surface area contributed by atoms with Crippen LogP contribution in [0.25, 0.3) is 0 Å². The summed E-state index contributed by atoms with van der Waals surface area (Å²) in [5.74, 6) is 0.781. The van der Waals surface area contributed by atoms with Crippen molar-refractivity contribution in [3.63, 3.8) is 0 Å². The van der Waals surface area contributed by atoms with E-state index in [0.717, 1.165) is 16.9 Å². The molecule has 6 heteroatoms. The molecule has 0 aliphatic heterocycles. The Balaban J connectivity index is 1.82. The molecule has 0 spiro atoms. The van der Waals surface area contributed by atoms with Crippen LogP contribution in [0.2, 0.25) is 5.02 Å². The van der Waals surface area contributed by atoms with E-state index >= 15 is 0 Å². The summed E-state index contributed by atoms with van der Waals surface area (Å²) in [6, 6.07) is 15.2. The first-order chi connectivity index (χ1) is 11.7. The zero-order valence-electron chi connectivity index (χ0n) is 13.0. The van der Waals surface area contributed by atoms with Crippen molar-refractivity contribution in [3.05, 3.63) is 77.3 Å². The van der Waals surface area contributed by atoms with Gasteiger partial charge in [0, 0.05) is 11.6 Å². The van der Waals surface area contributed by atoms with E-state index < -0.39 is 0 Å². The monoisotopic (exact) mass is 359 g/mol. The molecule has 2 rings (SSSR count). The van der Waals surface area contributed by atoms with Crippen LogP contribution in [0.15, 0.2) is 66.3 Å². The van der Waals surface area contributed by atoms with Gasteiger partial charge in [0.25, 0.3) is 0 Å². The number of ether oxygens (including phenoxy) is 1. The molecule has 0 radical (unpaired) electrons. The Labute approximate surface area is 152 Å². The highest BCUT2D eigenvalue weighted by molar-refractivity contribution is 7.80. The number of nitrogens with one attached hydrogen (secondary N) is 2. The van der Waals surface area contributed by atoms with Gasteiger partial charge in [-0.1, -0.05) is 29.8 Å². The van der Waals surface area contributed by atoms with E-state index in [1.54, 1.807) is 12.3 Å². The van der Waals surface area contributed by atoms with Gasteiger partial charge in [0.05, 0.1) is 6.21 Å². The minimum atomic E-state index is 0.452. The van der Waals surface area contributed by atoms with Crippen molar-refractivity contribution in [1.82, 2.24) is 10.7 Å². The Morgan fingerprint density at radius 3 is 2.75 bits per heavy atom. The fraction of sp³-hybridized carbons (Fsp3) is 0.111. The molecule has 0 atom stereocenters. The highest BCUT2D eigenvalue weighted by Crippen LogP contribution is 2.15. The maximum absolute atomic E-state index is 5.95. The number of thiocarbonyl (C=S) groups is 1. The first-order valence-electron chi connectivity index (χ1n) is 7.32. The number of nitrogens with zero attached hydrogens (tertiary/aromatic N) is 1. The van der Waals surface area contributed by atoms with E-state index in [1.165, 1.54) is 0 Å². The van der Waals surface area contributed by atoms with E-state index in [4.69, 9.17) is 28.6 Å². The number of benzene rings is 2. The standard InChI is InChI=1S/C18H18ClN3OS/c1-2-10-20-18(24)22-21-12-14-6-8-17(9-7-14)23-13-15-4-3-5-16(19)11-15/h2-9,11-12H,1,10,13H2,(H2,20,22,24)/b21-12+. The molecule has 0 saturated heterocycles. The predicted octanol–water partition coefficient (Wildman–Crippen LogP) is 3.90. The maximum atomic E-state index is 5.95. The van der Waals surface area contributed by atoms with E-state index in [9.17, 15) is 0 Å². The molecule has 24 heavy (non-hydrogen) atoms. The second-order valence-electron chi connectivity index (χ2n) is 4.86. The third kappa shape index (κ3) is 6.40. The number of halogens is 1. The van der Waals surface area contributed by atoms with Crippen molar-refractivity contribution in [2.75, 3.05) is 6.54 Å². The lowest BCUT2D eigenvalue weighted by molar-refractivity contribution is 0.306. The Bertz CT molecular complexity index is 716. The van der Waals surface area contributed by atoms with Crippen LogP contribution >= 0.6 is 23.8 Å². The van der Waals surface area contributed by atoms with Crippen LogP contribution in [0.3, 0.4) is 0 Å². The zero-order chi connectivity index (χ0) is 17.2. The molecular weight excluding hydrogens is 342 g/mol. The fourth-order valence-electron chi connectivity index (χ4n) is 1.81. The van der Waals surface area contributed by atoms with Gasteiger partial charge in [0.15, 0.2) is 5.11 Å². The van der Waals surface area contributed by atoms with Crippen molar-refractivity contribution < 1.29 is 4.74 Å². The summed E-state index contributed by atoms with van der Waals surface area (Å²) in [7, 11) is 0. The number of hydrogen-bond acceptors (Lipinski definition) is 3. The molecule has 2 aromatic carbocycles. The molecule has 0 heterocycles. The SMILES string of the molecule is C=CCNC(=S)N/N=C/c1ccc(OCc2cccc(Cl)c2)cc1. The molecule has 0 aliphatic carbocycles. The average Bonchev–Trinajstić information content (AvgIpc) is 2.59. The number of hydrazone groups is 1. The normalized spacial score (nSPS) is 10.4. The number of hydrogen-bond donors (Lipinski definition) is 2. The largest absolute Gasteiger partial charge is 0.489 e. The maximum Gasteiger partial charge on any atom is 0.187 e. The van der Waals surface area contributed by atoms with Crippen molar-refractivity contribution in [2.24, 2.45) is 5.10 Å². The zero-order valence-corrected chi connectivity index (χ0v) is 14.6. The number of rotatable bonds is 7. The molecule has 4 nitrogen and oxygen atoms in total. The molecule has 0 fully saturated rings. The van der Waals surface area contributed by atoms with Crippen LogP contribution in [0, 0.1) is 0 Å². The summed E-state index contributed by atoms with van der Waals surface area (Å²) in [5.41, 5.74) is 4.69. The molecule has 124 valence electrons. The lowest BCUT2D eigenvalue weighted by Gasteiger charge is -2.07. The quantitative estimate of drug-likeness (QED) is 0.340. The highest BCUT2D eigenvalue weighted by Gasteiger charge is 1.97. The van der Waals surface area contributed by atoms with Crippen molar-refractivity contribution in [2.45, 2.75) is 6.61 Å². The van der Waals surface area contributed by atoms with Crippen LogP contribution in [-0.4, -0.2) is 17.9 Å². The predicted molar refractivity (Wildman–Crippen MR) is 104 cm³/mol. The van der Waals surface area contributed by atoms with Gasteiger partial charge in [-0.05, 0) is 59.7 Å². The topological polar surface area (TPSA) is 45.7 Å². The van der Waals surface area contributed by atoms with E-state index in [1.807, 2.05) is 48.5 Å². The van der Waals surface area contributed by atoms with Gasteiger partial charge in [-0.25, -0.2) is 0 Å². The summed E-state index contributed by atoms with van der Waals surface area (Å²) in [6.07, 6.45) is 3.41. The van der Waals surface area contributed by atoms with Gasteiger partial charge in [0.1, 0.15) is 12.4 Å². The summed E-state index contributed by atoms with van der Waals surface area (Å²) in [5, 5.41) is 8.14. The average molecular weight is 360 g/mol. The Hall–Kier alpha value is -2.37. The van der Waals surface area contributed by atoms with Gasteiger partial charge in [-0.15, -0.1) is 6.58 Å². The van der Waals surface area contributed by atoms with Crippen molar-refractivity contribution >= 4 is 35.1 Å². The van der Waals surface area contributed by atoms with Gasteiger partial charge in [-0.2, -0.15) is 5.10 Å². The minimum Gasteiger partial charge on any atom is -0.489 e. The van der Waals surface area contributed by atoms with Crippen LogP contribution in [0.1, 0.15) is 11.1 Å². The summed E-state index contributed by atoms with van der Waals surface area (Å²) < 4.78 is 5.73. The third-order valence-corrected chi connectivity index (χ3v) is 3.43. The molecular formula is C18H18ClN3OS. The van der Waals surface area contributed by atoms with Gasteiger partial charge in [0.2, 0.25) is 0 Å². The minimum absolute atomic E-state index is 0.452. The highest BCUT2D eigenvalue weighted by atomic mass is 35.5. The summed E-state index contributed by atoms with van der Waals surface area (Å²) in [4.78, 5) is 0. The smallest absolute Gasteiger partial charge is 0.187 e. The van der Waals surface area contributed by atoms with Crippen LogP contribution in [0.4, 0.5) is 0 Å².